The molecule has 0 unspecified atom stereocenters. The average Bonchev–Trinajstić information content (AvgIpc) is 2.89. The first-order valence-corrected chi connectivity index (χ1v) is 10.1. The van der Waals surface area contributed by atoms with E-state index in [1.165, 1.54) is 10.5 Å². The number of thioether (sulfide) groups is 1. The van der Waals surface area contributed by atoms with Crippen molar-refractivity contribution in [2.75, 3.05) is 25.1 Å². The first kappa shape index (κ1) is 20.3. The van der Waals surface area contributed by atoms with Crippen LogP contribution in [-0.2, 0) is 4.79 Å². The molecular weight excluding hydrogens is 372 g/mol. The molecule has 1 fully saturated rings. The number of methoxy groups -OCH3 is 1. The molecule has 2 amide bonds. The van der Waals surface area contributed by atoms with Gasteiger partial charge in [-0.1, -0.05) is 12.2 Å². The summed E-state index contributed by atoms with van der Waals surface area (Å²) in [6.07, 6.45) is 5.55. The molecule has 0 aliphatic carbocycles. The Balaban J connectivity index is 2.10. The maximum absolute atomic E-state index is 12.6. The fourth-order valence-electron chi connectivity index (χ4n) is 3.92. The van der Waals surface area contributed by atoms with Gasteiger partial charge in [0, 0.05) is 36.0 Å². The molecule has 1 saturated heterocycles. The van der Waals surface area contributed by atoms with Crippen molar-refractivity contribution in [3.63, 3.8) is 0 Å². The fraction of sp³-hybridized carbons (Fsp3) is 0.364. The van der Waals surface area contributed by atoms with Crippen molar-refractivity contribution in [1.29, 1.82) is 0 Å². The molecule has 2 aliphatic rings. The minimum absolute atomic E-state index is 0.0916. The number of fused-ring (bicyclic) bond motifs is 1. The van der Waals surface area contributed by atoms with E-state index >= 15 is 0 Å². The third kappa shape index (κ3) is 3.37. The fourth-order valence-corrected chi connectivity index (χ4v) is 4.76. The number of allylic oxidation sites excluding steroid dienone is 1. The molecule has 3 rings (SSSR count). The highest BCUT2D eigenvalue weighted by Crippen LogP contribution is 2.43. The predicted octanol–water partition coefficient (Wildman–Crippen LogP) is 4.94. The van der Waals surface area contributed by atoms with Gasteiger partial charge in [-0.25, -0.2) is 0 Å². The normalized spacial score (nSPS) is 19.8. The van der Waals surface area contributed by atoms with Crippen molar-refractivity contribution < 1.29 is 14.3 Å². The van der Waals surface area contributed by atoms with E-state index in [0.717, 1.165) is 35.1 Å². The molecule has 0 atom stereocenters. The number of amides is 2. The lowest BCUT2D eigenvalue weighted by atomic mass is 9.87. The van der Waals surface area contributed by atoms with Crippen molar-refractivity contribution in [1.82, 2.24) is 4.90 Å². The molecular formula is C22H26N2O3S. The quantitative estimate of drug-likeness (QED) is 0.519. The summed E-state index contributed by atoms with van der Waals surface area (Å²) in [7, 11) is 1.62. The molecule has 0 saturated carbocycles. The molecule has 2 heterocycles. The van der Waals surface area contributed by atoms with Gasteiger partial charge in [-0.05, 0) is 57.2 Å². The molecule has 0 bridgehead atoms. The second-order valence-corrected chi connectivity index (χ2v) is 8.41. The van der Waals surface area contributed by atoms with Crippen LogP contribution in [0.25, 0.3) is 11.6 Å². The van der Waals surface area contributed by atoms with E-state index in [-0.39, 0.29) is 23.2 Å². The summed E-state index contributed by atoms with van der Waals surface area (Å²) < 4.78 is 5.63. The van der Waals surface area contributed by atoms with Gasteiger partial charge in [-0.3, -0.25) is 14.5 Å². The minimum atomic E-state index is -0.293. The Morgan fingerprint density at radius 1 is 1.29 bits per heavy atom. The number of likely N-dealkylation sites (N-methyl/N-ethyl adjacent to an activating group) is 1. The van der Waals surface area contributed by atoms with Gasteiger partial charge in [0.2, 0.25) is 0 Å². The Morgan fingerprint density at radius 2 is 2.00 bits per heavy atom. The molecule has 1 aromatic carbocycles. The van der Waals surface area contributed by atoms with Gasteiger partial charge in [-0.2, -0.15) is 0 Å². The number of imide groups is 1. The van der Waals surface area contributed by atoms with Crippen molar-refractivity contribution in [2.45, 2.75) is 33.2 Å². The molecule has 5 nitrogen and oxygen atoms in total. The lowest BCUT2D eigenvalue weighted by Crippen LogP contribution is -2.44. The minimum Gasteiger partial charge on any atom is -0.496 e. The second-order valence-electron chi connectivity index (χ2n) is 7.42. The first-order chi connectivity index (χ1) is 13.2. The Kier molecular flexibility index (Phi) is 5.44. The number of hydrogen-bond acceptors (Lipinski definition) is 5. The van der Waals surface area contributed by atoms with Crippen LogP contribution in [-0.4, -0.2) is 41.8 Å². The summed E-state index contributed by atoms with van der Waals surface area (Å²) >= 11 is 0.949. The van der Waals surface area contributed by atoms with Crippen LogP contribution in [0.4, 0.5) is 10.5 Å². The monoisotopic (exact) mass is 398 g/mol. The van der Waals surface area contributed by atoms with Crippen LogP contribution in [0.3, 0.4) is 0 Å². The van der Waals surface area contributed by atoms with Gasteiger partial charge in [0.15, 0.2) is 0 Å². The smallest absolute Gasteiger partial charge is 0.293 e. The largest absolute Gasteiger partial charge is 0.496 e. The summed E-state index contributed by atoms with van der Waals surface area (Å²) in [6.45, 7) is 13.3. The van der Waals surface area contributed by atoms with Gasteiger partial charge in [0.25, 0.3) is 11.1 Å². The van der Waals surface area contributed by atoms with Gasteiger partial charge >= 0.3 is 0 Å². The zero-order chi connectivity index (χ0) is 20.6. The van der Waals surface area contributed by atoms with Gasteiger partial charge in [-0.15, -0.1) is 6.58 Å². The second kappa shape index (κ2) is 7.51. The highest BCUT2D eigenvalue weighted by molar-refractivity contribution is 8.18. The van der Waals surface area contributed by atoms with Crippen molar-refractivity contribution >= 4 is 40.2 Å². The van der Waals surface area contributed by atoms with Crippen LogP contribution in [0.1, 0.15) is 38.8 Å². The third-order valence-corrected chi connectivity index (χ3v) is 6.02. The molecule has 148 valence electrons. The third-order valence-electron chi connectivity index (χ3n) is 5.12. The van der Waals surface area contributed by atoms with Crippen molar-refractivity contribution in [3.05, 3.63) is 46.9 Å². The Morgan fingerprint density at radius 3 is 2.61 bits per heavy atom. The predicted molar refractivity (Wildman–Crippen MR) is 117 cm³/mol. The van der Waals surface area contributed by atoms with Gasteiger partial charge in [0.1, 0.15) is 5.75 Å². The van der Waals surface area contributed by atoms with Crippen molar-refractivity contribution in [2.24, 2.45) is 0 Å². The van der Waals surface area contributed by atoms with Crippen LogP contribution in [0.2, 0.25) is 0 Å². The molecule has 2 aliphatic heterocycles. The highest BCUT2D eigenvalue weighted by atomic mass is 32.2. The number of carbonyl (C=O) groups excluding carboxylic acids is 2. The molecule has 6 heteroatoms. The summed E-state index contributed by atoms with van der Waals surface area (Å²) in [6, 6.07) is 4.07. The maximum Gasteiger partial charge on any atom is 0.293 e. The SMILES string of the molecule is C=CCN1C(=O)S/C(=C/c2cc3c(cc2OC)N(CC)C(C)(C)C=C3C)C1=O. The summed E-state index contributed by atoms with van der Waals surface area (Å²) in [5.74, 6) is 0.386. The zero-order valence-electron chi connectivity index (χ0n) is 17.0. The number of benzene rings is 1. The Hall–Kier alpha value is -2.47. The molecule has 0 aromatic heterocycles. The molecule has 0 spiro atoms. The highest BCUT2D eigenvalue weighted by Gasteiger charge is 2.35. The van der Waals surface area contributed by atoms with Crippen LogP contribution < -0.4 is 9.64 Å². The lowest BCUT2D eigenvalue weighted by Gasteiger charge is -2.43. The summed E-state index contributed by atoms with van der Waals surface area (Å²) in [5, 5.41) is -0.275. The van der Waals surface area contributed by atoms with Crippen LogP contribution in [0, 0.1) is 0 Å². The number of hydrogen-bond donors (Lipinski definition) is 0. The number of rotatable bonds is 5. The molecule has 0 radical (unpaired) electrons. The van der Waals surface area contributed by atoms with E-state index in [2.05, 4.69) is 45.2 Å². The van der Waals surface area contributed by atoms with E-state index in [1.807, 2.05) is 12.1 Å². The van der Waals surface area contributed by atoms with E-state index in [0.29, 0.717) is 10.7 Å². The Labute approximate surface area is 170 Å². The van der Waals surface area contributed by atoms with Crippen LogP contribution in [0.15, 0.2) is 35.8 Å². The molecule has 1 aromatic rings. The van der Waals surface area contributed by atoms with E-state index < -0.39 is 0 Å². The van der Waals surface area contributed by atoms with E-state index in [4.69, 9.17) is 4.74 Å². The topological polar surface area (TPSA) is 49.9 Å². The number of anilines is 1. The molecule has 0 N–H and O–H groups in total. The lowest BCUT2D eigenvalue weighted by molar-refractivity contribution is -0.122. The molecule has 28 heavy (non-hydrogen) atoms. The maximum atomic E-state index is 12.6. The van der Waals surface area contributed by atoms with Crippen LogP contribution in [0.5, 0.6) is 5.75 Å². The summed E-state index contributed by atoms with van der Waals surface area (Å²) in [5.41, 5.74) is 4.10. The zero-order valence-corrected chi connectivity index (χ0v) is 17.9. The van der Waals surface area contributed by atoms with Gasteiger partial charge in [0.05, 0.1) is 17.6 Å². The van der Waals surface area contributed by atoms with Crippen LogP contribution >= 0.6 is 11.8 Å². The number of ether oxygens (including phenoxy) is 1. The van der Waals surface area contributed by atoms with Crippen molar-refractivity contribution in [3.8, 4) is 5.75 Å². The standard InChI is InChI=1S/C22H26N2O3S/c1-7-9-23-20(25)19(28-21(23)26)11-15-10-16-14(3)13-22(4,5)24(8-2)17(16)12-18(15)27-6/h7,10-13H,1,8-9H2,2-6H3/b19-11+. The summed E-state index contributed by atoms with van der Waals surface area (Å²) in [4.78, 5) is 28.6. The van der Waals surface area contributed by atoms with E-state index in [1.54, 1.807) is 19.3 Å². The van der Waals surface area contributed by atoms with E-state index in [9.17, 15) is 9.59 Å². The average molecular weight is 399 g/mol. The Bertz CT molecular complexity index is 915. The first-order valence-electron chi connectivity index (χ1n) is 9.29. The number of carbonyl (C=O) groups is 2. The number of nitrogens with zero attached hydrogens (tertiary/aromatic N) is 2. The van der Waals surface area contributed by atoms with Gasteiger partial charge < -0.3 is 9.64 Å².